The number of carbonyl (C=O) groups is 2. The molecule has 0 bridgehead atoms. The van der Waals surface area contributed by atoms with Crippen molar-refractivity contribution >= 4 is 27.6 Å². The number of aryl methyl sites for hydroxylation is 1. The number of nitro groups is 1. The Bertz CT molecular complexity index is 1120. The molecular weight excluding hydrogens is 433 g/mol. The number of esters is 2. The van der Waals surface area contributed by atoms with Crippen LogP contribution in [0.2, 0.25) is 0 Å². The zero-order valence-corrected chi connectivity index (χ0v) is 17.4. The maximum atomic E-state index is 13.9. The summed E-state index contributed by atoms with van der Waals surface area (Å²) in [6, 6.07) is 5.95. The van der Waals surface area contributed by atoms with Gasteiger partial charge in [-0.2, -0.15) is 4.72 Å². The number of nitro benzene ring substituents is 1. The van der Waals surface area contributed by atoms with Crippen LogP contribution in [0.25, 0.3) is 0 Å². The lowest BCUT2D eigenvalue weighted by molar-refractivity contribution is -0.387. The Hall–Kier alpha value is -3.22. The molecule has 0 aliphatic heterocycles. The third-order valence-electron chi connectivity index (χ3n) is 4.19. The molecule has 0 heterocycles. The van der Waals surface area contributed by atoms with Gasteiger partial charge in [-0.25, -0.2) is 22.4 Å². The Morgan fingerprint density at radius 3 is 2.48 bits per heavy atom. The van der Waals surface area contributed by atoms with Crippen LogP contribution in [0.15, 0.2) is 47.4 Å². The highest BCUT2D eigenvalue weighted by atomic mass is 32.2. The number of sulfonamides is 1. The van der Waals surface area contributed by atoms with Gasteiger partial charge in [0, 0.05) is 12.5 Å². The Morgan fingerprint density at radius 1 is 1.23 bits per heavy atom. The fourth-order valence-corrected chi connectivity index (χ4v) is 3.95. The molecule has 12 heteroatoms. The predicted molar refractivity (Wildman–Crippen MR) is 107 cm³/mol. The molecule has 166 valence electrons. The van der Waals surface area contributed by atoms with Crippen molar-refractivity contribution in [3.8, 4) is 0 Å². The Kier molecular flexibility index (Phi) is 7.55. The summed E-state index contributed by atoms with van der Waals surface area (Å²) >= 11 is 0. The number of halogens is 1. The van der Waals surface area contributed by atoms with Crippen molar-refractivity contribution in [1.29, 1.82) is 0 Å². The number of nitrogens with zero attached hydrogens (tertiary/aromatic N) is 1. The van der Waals surface area contributed by atoms with E-state index in [9.17, 15) is 32.5 Å². The van der Waals surface area contributed by atoms with Gasteiger partial charge in [0.05, 0.1) is 4.92 Å². The van der Waals surface area contributed by atoms with E-state index in [1.54, 1.807) is 13.0 Å². The van der Waals surface area contributed by atoms with Gasteiger partial charge in [-0.15, -0.1) is 0 Å². The summed E-state index contributed by atoms with van der Waals surface area (Å²) in [5.74, 6) is -3.02. The summed E-state index contributed by atoms with van der Waals surface area (Å²) in [7, 11) is -4.48. The third-order valence-corrected chi connectivity index (χ3v) is 5.78. The van der Waals surface area contributed by atoms with Gasteiger partial charge in [0.15, 0.2) is 4.90 Å². The quantitative estimate of drug-likeness (QED) is 0.262. The second-order valence-corrected chi connectivity index (χ2v) is 8.40. The van der Waals surface area contributed by atoms with E-state index in [2.05, 4.69) is 4.74 Å². The van der Waals surface area contributed by atoms with Crippen molar-refractivity contribution in [2.75, 3.05) is 0 Å². The lowest BCUT2D eigenvalue weighted by Crippen LogP contribution is -2.43. The van der Waals surface area contributed by atoms with Crippen molar-refractivity contribution in [3.05, 3.63) is 69.5 Å². The zero-order valence-electron chi connectivity index (χ0n) is 16.6. The highest BCUT2D eigenvalue weighted by molar-refractivity contribution is 7.89. The van der Waals surface area contributed by atoms with Gasteiger partial charge >= 0.3 is 11.9 Å². The highest BCUT2D eigenvalue weighted by Gasteiger charge is 2.31. The number of nitrogens with one attached hydrogen (secondary N) is 1. The molecule has 2 rings (SSSR count). The molecule has 0 aliphatic rings. The monoisotopic (exact) mass is 453 g/mol. The van der Waals surface area contributed by atoms with E-state index in [-0.39, 0.29) is 12.0 Å². The SMILES string of the molecule is Cc1ccc(C[C@H](N)C(=O)OC(=O)[C@H](C)NS(=O)(=O)c2ccccc2[N+](=O)[O-])c(F)c1. The average Bonchev–Trinajstić information content (AvgIpc) is 2.69. The smallest absolute Gasteiger partial charge is 0.331 e. The fraction of sp³-hybridized carbons (Fsp3) is 0.263. The van der Waals surface area contributed by atoms with Crippen molar-refractivity contribution in [3.63, 3.8) is 0 Å². The van der Waals surface area contributed by atoms with E-state index in [0.717, 1.165) is 19.1 Å². The molecule has 10 nitrogen and oxygen atoms in total. The van der Waals surface area contributed by atoms with E-state index >= 15 is 0 Å². The standard InChI is InChI=1S/C19H20FN3O7S/c1-11-7-8-13(14(20)9-11)10-15(21)19(25)30-18(24)12(2)22-31(28,29)17-6-4-3-5-16(17)23(26)27/h3-9,12,15,22H,10,21H2,1-2H3/t12-,15-/m0/s1. The number of nitrogens with two attached hydrogens (primary N) is 1. The molecule has 0 amide bonds. The minimum absolute atomic E-state index is 0.146. The van der Waals surface area contributed by atoms with Crippen LogP contribution in [0.5, 0.6) is 0 Å². The number of para-hydroxylation sites is 1. The number of hydrogen-bond acceptors (Lipinski definition) is 8. The van der Waals surface area contributed by atoms with Gasteiger partial charge in [-0.3, -0.25) is 10.1 Å². The van der Waals surface area contributed by atoms with Crippen LogP contribution >= 0.6 is 0 Å². The van der Waals surface area contributed by atoms with Crippen LogP contribution in [0.3, 0.4) is 0 Å². The maximum absolute atomic E-state index is 13.9. The van der Waals surface area contributed by atoms with Crippen molar-refractivity contribution in [2.24, 2.45) is 5.73 Å². The molecule has 0 aromatic heterocycles. The summed E-state index contributed by atoms with van der Waals surface area (Å²) in [5.41, 5.74) is 5.80. The molecule has 3 N–H and O–H groups in total. The molecule has 0 saturated carbocycles. The molecule has 2 aromatic carbocycles. The summed E-state index contributed by atoms with van der Waals surface area (Å²) in [6.45, 7) is 2.78. The van der Waals surface area contributed by atoms with Gasteiger partial charge < -0.3 is 10.5 Å². The first-order valence-electron chi connectivity index (χ1n) is 8.94. The van der Waals surface area contributed by atoms with Crippen LogP contribution in [-0.2, 0) is 30.8 Å². The average molecular weight is 453 g/mol. The molecule has 2 aromatic rings. The van der Waals surface area contributed by atoms with Crippen LogP contribution in [0, 0.1) is 22.9 Å². The molecule has 0 aliphatic carbocycles. The maximum Gasteiger partial charge on any atom is 0.331 e. The van der Waals surface area contributed by atoms with Gasteiger partial charge in [-0.1, -0.05) is 24.3 Å². The van der Waals surface area contributed by atoms with Crippen molar-refractivity contribution in [2.45, 2.75) is 37.2 Å². The van der Waals surface area contributed by atoms with E-state index in [4.69, 9.17) is 5.73 Å². The molecule has 0 fully saturated rings. The predicted octanol–water partition coefficient (Wildman–Crippen LogP) is 1.35. The first-order valence-corrected chi connectivity index (χ1v) is 10.4. The highest BCUT2D eigenvalue weighted by Crippen LogP contribution is 2.23. The topological polar surface area (TPSA) is 159 Å². The van der Waals surface area contributed by atoms with Gasteiger partial charge in [0.2, 0.25) is 10.0 Å². The van der Waals surface area contributed by atoms with Crippen molar-refractivity contribution < 1.29 is 32.1 Å². The lowest BCUT2D eigenvalue weighted by atomic mass is 10.0. The largest absolute Gasteiger partial charge is 0.391 e. The number of ether oxygens (including phenoxy) is 1. The van der Waals surface area contributed by atoms with E-state index in [1.807, 2.05) is 4.72 Å². The number of rotatable bonds is 8. The van der Waals surface area contributed by atoms with Crippen LogP contribution in [-0.4, -0.2) is 37.4 Å². The minimum atomic E-state index is -4.48. The Balaban J connectivity index is 2.04. The second-order valence-electron chi connectivity index (χ2n) is 6.71. The molecule has 31 heavy (non-hydrogen) atoms. The van der Waals surface area contributed by atoms with Gasteiger partial charge in [0.25, 0.3) is 5.69 Å². The van der Waals surface area contributed by atoms with E-state index in [0.29, 0.717) is 5.56 Å². The lowest BCUT2D eigenvalue weighted by Gasteiger charge is -2.15. The Morgan fingerprint density at radius 2 is 1.87 bits per heavy atom. The van der Waals surface area contributed by atoms with E-state index in [1.165, 1.54) is 24.3 Å². The van der Waals surface area contributed by atoms with Crippen LogP contribution in [0.4, 0.5) is 10.1 Å². The first-order chi connectivity index (χ1) is 14.4. The summed E-state index contributed by atoms with van der Waals surface area (Å²) in [5, 5.41) is 11.0. The minimum Gasteiger partial charge on any atom is -0.391 e. The number of carbonyl (C=O) groups excluding carboxylic acids is 2. The summed E-state index contributed by atoms with van der Waals surface area (Å²) in [6.07, 6.45) is -0.242. The van der Waals surface area contributed by atoms with Gasteiger partial charge in [-0.05, 0) is 37.1 Å². The van der Waals surface area contributed by atoms with Crippen LogP contribution in [0.1, 0.15) is 18.1 Å². The van der Waals surface area contributed by atoms with Crippen molar-refractivity contribution in [1.82, 2.24) is 4.72 Å². The Labute approximate surface area is 177 Å². The summed E-state index contributed by atoms with van der Waals surface area (Å²) in [4.78, 5) is 33.7. The van der Waals surface area contributed by atoms with Crippen LogP contribution < -0.4 is 10.5 Å². The summed E-state index contributed by atoms with van der Waals surface area (Å²) < 4.78 is 45.2. The second kappa shape index (κ2) is 9.73. The molecule has 0 spiro atoms. The molecule has 0 radical (unpaired) electrons. The first kappa shape index (κ1) is 24.1. The fourth-order valence-electron chi connectivity index (χ4n) is 2.58. The third kappa shape index (κ3) is 6.13. The molecule has 0 saturated heterocycles. The van der Waals surface area contributed by atoms with E-state index < -0.39 is 55.4 Å². The molecule has 2 atom stereocenters. The number of benzene rings is 2. The normalized spacial score (nSPS) is 13.3. The zero-order chi connectivity index (χ0) is 23.3. The number of hydrogen-bond donors (Lipinski definition) is 2. The molecule has 0 unspecified atom stereocenters. The van der Waals surface area contributed by atoms with Gasteiger partial charge in [0.1, 0.15) is 17.9 Å². The molecular formula is C19H20FN3O7S.